The summed E-state index contributed by atoms with van der Waals surface area (Å²) in [6.45, 7) is 5.71. The molecule has 1 N–H and O–H groups in total. The third-order valence-corrected chi connectivity index (χ3v) is 5.09. The van der Waals surface area contributed by atoms with Crippen LogP contribution in [-0.2, 0) is 18.9 Å². The summed E-state index contributed by atoms with van der Waals surface area (Å²) in [5.41, 5.74) is 1.63. The Hall–Kier alpha value is -1.73. The fourth-order valence-corrected chi connectivity index (χ4v) is 3.60. The molecule has 1 aliphatic heterocycles. The lowest BCUT2D eigenvalue weighted by molar-refractivity contribution is -0.262. The molecule has 148 valence electrons. The summed E-state index contributed by atoms with van der Waals surface area (Å²) in [6.07, 6.45) is 1.47. The molecule has 6 nitrogen and oxygen atoms in total. The van der Waals surface area contributed by atoms with Gasteiger partial charge in [0.2, 0.25) is 0 Å². The van der Waals surface area contributed by atoms with E-state index in [9.17, 15) is 9.90 Å². The van der Waals surface area contributed by atoms with Crippen LogP contribution in [0.2, 0.25) is 0 Å². The van der Waals surface area contributed by atoms with E-state index in [1.165, 1.54) is 0 Å². The molecule has 0 aromatic heterocycles. The first-order valence-electron chi connectivity index (χ1n) is 9.45. The third-order valence-electron chi connectivity index (χ3n) is 5.09. The normalized spacial score (nSPS) is 26.7. The first kappa shape index (κ1) is 20.0. The minimum atomic E-state index is -0.920. The van der Waals surface area contributed by atoms with Crippen molar-refractivity contribution in [3.8, 4) is 0 Å². The molecule has 0 radical (unpaired) electrons. The number of rotatable bonds is 6. The molecule has 27 heavy (non-hydrogen) atoms. The number of aliphatic hydroxyl groups is 1. The van der Waals surface area contributed by atoms with Gasteiger partial charge in [-0.3, -0.25) is 0 Å². The maximum absolute atomic E-state index is 12.4. The molecule has 1 saturated heterocycles. The van der Waals surface area contributed by atoms with E-state index in [2.05, 4.69) is 0 Å². The molecule has 3 atom stereocenters. The van der Waals surface area contributed by atoms with Crippen LogP contribution in [0.15, 0.2) is 42.0 Å². The van der Waals surface area contributed by atoms with Crippen molar-refractivity contribution in [1.29, 1.82) is 0 Å². The Bertz CT molecular complexity index is 646. The second-order valence-electron chi connectivity index (χ2n) is 7.27. The van der Waals surface area contributed by atoms with Gasteiger partial charge in [0.15, 0.2) is 5.79 Å². The van der Waals surface area contributed by atoms with E-state index in [1.54, 1.807) is 24.3 Å². The van der Waals surface area contributed by atoms with Crippen LogP contribution in [0.3, 0.4) is 0 Å². The summed E-state index contributed by atoms with van der Waals surface area (Å²) in [5, 5.41) is 10.9. The lowest BCUT2D eigenvalue weighted by Gasteiger charge is -2.44. The first-order valence-corrected chi connectivity index (χ1v) is 9.45. The Morgan fingerprint density at radius 2 is 1.96 bits per heavy atom. The molecule has 2 fully saturated rings. The van der Waals surface area contributed by atoms with E-state index in [0.29, 0.717) is 38.2 Å². The summed E-state index contributed by atoms with van der Waals surface area (Å²) in [4.78, 5) is 12.4. The van der Waals surface area contributed by atoms with Crippen molar-refractivity contribution < 1.29 is 28.8 Å². The number of aliphatic hydroxyl groups excluding tert-OH is 1. The minimum Gasteiger partial charge on any atom is -0.456 e. The van der Waals surface area contributed by atoms with Crippen LogP contribution in [0.25, 0.3) is 0 Å². The van der Waals surface area contributed by atoms with Crippen molar-refractivity contribution in [3.63, 3.8) is 0 Å². The molecular weight excluding hydrogens is 348 g/mol. The van der Waals surface area contributed by atoms with E-state index < -0.39 is 29.9 Å². The highest BCUT2D eigenvalue weighted by Crippen LogP contribution is 2.42. The number of hydrogen-bond acceptors (Lipinski definition) is 6. The van der Waals surface area contributed by atoms with E-state index in [0.717, 1.165) is 5.57 Å². The second kappa shape index (κ2) is 8.97. The first-order chi connectivity index (χ1) is 13.0. The molecule has 1 aliphatic carbocycles. The van der Waals surface area contributed by atoms with Gasteiger partial charge in [0.25, 0.3) is 0 Å². The number of ether oxygens (including phenoxy) is 4. The van der Waals surface area contributed by atoms with Gasteiger partial charge >= 0.3 is 5.97 Å². The van der Waals surface area contributed by atoms with Crippen molar-refractivity contribution in [2.45, 2.75) is 44.7 Å². The number of hydrogen-bond donors (Lipinski definition) is 1. The molecular formula is C21H28O6. The summed E-state index contributed by atoms with van der Waals surface area (Å²) in [5.74, 6) is -1.72. The van der Waals surface area contributed by atoms with Crippen molar-refractivity contribution in [2.24, 2.45) is 5.92 Å². The Labute approximate surface area is 160 Å². The lowest BCUT2D eigenvalue weighted by Crippen LogP contribution is -2.56. The predicted octanol–water partition coefficient (Wildman–Crippen LogP) is 2.71. The molecule has 1 spiro atoms. The van der Waals surface area contributed by atoms with Crippen LogP contribution >= 0.6 is 0 Å². The second-order valence-corrected chi connectivity index (χ2v) is 7.27. The van der Waals surface area contributed by atoms with Gasteiger partial charge in [-0.05, 0) is 32.4 Å². The maximum atomic E-state index is 12.4. The molecule has 2 aliphatic rings. The fourth-order valence-electron chi connectivity index (χ4n) is 3.60. The molecule has 0 unspecified atom stereocenters. The Kier molecular flexibility index (Phi) is 6.65. The zero-order chi connectivity index (χ0) is 19.3. The Balaban J connectivity index is 1.67. The highest BCUT2D eigenvalue weighted by atomic mass is 16.7. The van der Waals surface area contributed by atoms with E-state index in [4.69, 9.17) is 18.9 Å². The van der Waals surface area contributed by atoms with Crippen LogP contribution < -0.4 is 0 Å². The standard InChI is InChI=1S/C21H28O6/c1-15(2)9-11-24-14-17-19(22)18(8-10-21(17)25-12-13-26-21)27-20(23)16-6-4-3-5-7-16/h3-7,9,17-19,22H,8,10-14H2,1-2H3/t17-,18+,19-/m0/s1. The fraction of sp³-hybridized carbons (Fsp3) is 0.571. The molecule has 0 bridgehead atoms. The van der Waals surface area contributed by atoms with Crippen molar-refractivity contribution in [2.75, 3.05) is 26.4 Å². The van der Waals surface area contributed by atoms with Crippen LogP contribution in [0.1, 0.15) is 37.0 Å². The van der Waals surface area contributed by atoms with Crippen molar-refractivity contribution in [1.82, 2.24) is 0 Å². The van der Waals surface area contributed by atoms with Crippen molar-refractivity contribution in [3.05, 3.63) is 47.5 Å². The van der Waals surface area contributed by atoms with Gasteiger partial charge in [-0.1, -0.05) is 29.8 Å². The summed E-state index contributed by atoms with van der Waals surface area (Å²) < 4.78 is 23.1. The van der Waals surface area contributed by atoms with Gasteiger partial charge < -0.3 is 24.1 Å². The molecule has 1 heterocycles. The third kappa shape index (κ3) is 4.76. The van der Waals surface area contributed by atoms with Crippen LogP contribution in [0.5, 0.6) is 0 Å². The zero-order valence-electron chi connectivity index (χ0n) is 15.9. The molecule has 1 aromatic rings. The SMILES string of the molecule is CC(C)=CCOC[C@H]1[C@H](O)[C@H](OC(=O)c2ccccc2)CCC12OCCO2. The molecule has 6 heteroatoms. The van der Waals surface area contributed by atoms with E-state index in [-0.39, 0.29) is 6.61 Å². The van der Waals surface area contributed by atoms with E-state index >= 15 is 0 Å². The number of esters is 1. The minimum absolute atomic E-state index is 0.268. The van der Waals surface area contributed by atoms with Crippen molar-refractivity contribution >= 4 is 5.97 Å². The Morgan fingerprint density at radius 1 is 1.26 bits per heavy atom. The molecule has 0 amide bonds. The van der Waals surface area contributed by atoms with Gasteiger partial charge in [-0.2, -0.15) is 0 Å². The molecule has 1 aromatic carbocycles. The largest absolute Gasteiger partial charge is 0.456 e. The maximum Gasteiger partial charge on any atom is 0.338 e. The predicted molar refractivity (Wildman–Crippen MR) is 99.3 cm³/mol. The number of carbonyl (C=O) groups excluding carboxylic acids is 1. The van der Waals surface area contributed by atoms with Gasteiger partial charge in [0, 0.05) is 6.42 Å². The molecule has 3 rings (SSSR count). The van der Waals surface area contributed by atoms with Gasteiger partial charge in [-0.15, -0.1) is 0 Å². The summed E-state index contributed by atoms with van der Waals surface area (Å²) in [7, 11) is 0. The quantitative estimate of drug-likeness (QED) is 0.467. The number of allylic oxidation sites excluding steroid dienone is 1. The molecule has 1 saturated carbocycles. The van der Waals surface area contributed by atoms with Gasteiger partial charge in [0.1, 0.15) is 12.2 Å². The zero-order valence-corrected chi connectivity index (χ0v) is 15.9. The number of benzene rings is 1. The highest BCUT2D eigenvalue weighted by molar-refractivity contribution is 5.89. The average molecular weight is 376 g/mol. The summed E-state index contributed by atoms with van der Waals surface area (Å²) >= 11 is 0. The monoisotopic (exact) mass is 376 g/mol. The van der Waals surface area contributed by atoms with Crippen LogP contribution in [0.4, 0.5) is 0 Å². The number of carbonyl (C=O) groups is 1. The van der Waals surface area contributed by atoms with Gasteiger partial charge in [-0.25, -0.2) is 4.79 Å². The smallest absolute Gasteiger partial charge is 0.338 e. The lowest BCUT2D eigenvalue weighted by atomic mass is 9.79. The van der Waals surface area contributed by atoms with Gasteiger partial charge in [0.05, 0.1) is 37.9 Å². The highest BCUT2D eigenvalue weighted by Gasteiger charge is 2.54. The van der Waals surface area contributed by atoms with E-state index in [1.807, 2.05) is 26.0 Å². The average Bonchev–Trinajstić information content (AvgIpc) is 3.13. The Morgan fingerprint density at radius 3 is 2.63 bits per heavy atom. The topological polar surface area (TPSA) is 74.2 Å². The van der Waals surface area contributed by atoms with Crippen LogP contribution in [-0.4, -0.2) is 55.5 Å². The summed E-state index contributed by atoms with van der Waals surface area (Å²) in [6, 6.07) is 8.79. The van der Waals surface area contributed by atoms with Crippen LogP contribution in [0, 0.1) is 5.92 Å².